The van der Waals surface area contributed by atoms with Crippen LogP contribution in [0, 0.1) is 0 Å². The first kappa shape index (κ1) is 30.6. The Balaban J connectivity index is 1.20. The summed E-state index contributed by atoms with van der Waals surface area (Å²) in [5, 5.41) is 12.6. The molecule has 0 fully saturated rings. The number of aromatic nitrogens is 4. The summed E-state index contributed by atoms with van der Waals surface area (Å²) < 4.78 is 11.2. The lowest BCUT2D eigenvalue weighted by atomic mass is 10.0. The van der Waals surface area contributed by atoms with Gasteiger partial charge in [0.15, 0.2) is 5.82 Å². The van der Waals surface area contributed by atoms with Crippen LogP contribution in [0.5, 0.6) is 0 Å². The third kappa shape index (κ3) is 4.23. The molecule has 0 N–H and O–H groups in total. The van der Waals surface area contributed by atoms with Gasteiger partial charge in [0.1, 0.15) is 17.0 Å². The first-order valence-corrected chi connectivity index (χ1v) is 19.3. The van der Waals surface area contributed by atoms with E-state index >= 15 is 0 Å². The van der Waals surface area contributed by atoms with E-state index in [4.69, 9.17) is 14.4 Å². The van der Waals surface area contributed by atoms with Crippen LogP contribution < -0.4 is 0 Å². The fourth-order valence-corrected chi connectivity index (χ4v) is 9.43. The Morgan fingerprint density at radius 1 is 0.368 bits per heavy atom. The van der Waals surface area contributed by atoms with Gasteiger partial charge in [-0.1, -0.05) is 127 Å². The minimum absolute atomic E-state index is 0.655. The number of hydrogen-bond acceptors (Lipinski definition) is 3. The summed E-state index contributed by atoms with van der Waals surface area (Å²) in [5.74, 6) is 1.49. The van der Waals surface area contributed by atoms with Crippen LogP contribution >= 0.6 is 0 Å². The van der Waals surface area contributed by atoms with Crippen molar-refractivity contribution in [2.24, 2.45) is 0 Å². The van der Waals surface area contributed by atoms with Crippen LogP contribution in [0.1, 0.15) is 0 Å². The summed E-state index contributed by atoms with van der Waals surface area (Å²) in [6.07, 6.45) is 0. The average molecular weight is 727 g/mol. The van der Waals surface area contributed by atoms with Crippen LogP contribution in [-0.2, 0) is 0 Å². The van der Waals surface area contributed by atoms with E-state index in [0.29, 0.717) is 5.82 Å². The Morgan fingerprint density at radius 2 is 0.982 bits per heavy atom. The van der Waals surface area contributed by atoms with E-state index in [1.54, 1.807) is 0 Å². The first-order chi connectivity index (χ1) is 28.3. The molecule has 4 heterocycles. The molecule has 13 rings (SSSR count). The zero-order valence-corrected chi connectivity index (χ0v) is 30.5. The molecule has 0 saturated carbocycles. The average Bonchev–Trinajstić information content (AvgIpc) is 3.92. The lowest BCUT2D eigenvalue weighted by molar-refractivity contribution is 0.669. The molecule has 4 aromatic heterocycles. The molecule has 0 atom stereocenters. The number of para-hydroxylation sites is 4. The standard InChI is InChI=1S/C52H30N4O/c1-2-15-32-29-44-40(28-31(32)14-1)35-18-6-10-24-42(35)55(44)50-34-17-4-3-16-33(34)30-45-49(50)37-20-7-11-25-43(37)56(45)52-36-19-5-9-23-41(36)53-51(54-52)39-22-13-27-47-48(39)38-21-8-12-26-46(38)57-47/h1-30H. The number of nitrogens with zero attached hydrogens (tertiary/aromatic N) is 4. The van der Waals surface area contributed by atoms with E-state index in [-0.39, 0.29) is 0 Å². The topological polar surface area (TPSA) is 48.8 Å². The minimum atomic E-state index is 0.655. The van der Waals surface area contributed by atoms with Crippen molar-refractivity contribution in [2.75, 3.05) is 0 Å². The maximum Gasteiger partial charge on any atom is 0.162 e. The van der Waals surface area contributed by atoms with Crippen LogP contribution in [0.2, 0.25) is 0 Å². The molecule has 0 spiro atoms. The second kappa shape index (κ2) is 11.4. The van der Waals surface area contributed by atoms with Crippen molar-refractivity contribution < 1.29 is 4.42 Å². The molecule has 0 aliphatic carbocycles. The molecule has 0 amide bonds. The molecular weight excluding hydrogens is 697 g/mol. The van der Waals surface area contributed by atoms with E-state index in [9.17, 15) is 0 Å². The van der Waals surface area contributed by atoms with Crippen molar-refractivity contribution in [3.05, 3.63) is 182 Å². The van der Waals surface area contributed by atoms with Crippen molar-refractivity contribution in [3.63, 3.8) is 0 Å². The molecule has 57 heavy (non-hydrogen) atoms. The van der Waals surface area contributed by atoms with Gasteiger partial charge in [-0.3, -0.25) is 4.57 Å². The molecule has 5 nitrogen and oxygen atoms in total. The van der Waals surface area contributed by atoms with Gasteiger partial charge < -0.3 is 8.98 Å². The zero-order valence-electron chi connectivity index (χ0n) is 30.5. The molecule has 0 aliphatic heterocycles. The van der Waals surface area contributed by atoms with Gasteiger partial charge in [0, 0.05) is 48.7 Å². The summed E-state index contributed by atoms with van der Waals surface area (Å²) in [4.78, 5) is 10.8. The Morgan fingerprint density at radius 3 is 1.82 bits per heavy atom. The van der Waals surface area contributed by atoms with Gasteiger partial charge >= 0.3 is 0 Å². The van der Waals surface area contributed by atoms with Crippen LogP contribution in [0.25, 0.3) is 121 Å². The fraction of sp³-hybridized carbons (Fsp3) is 0. The molecule has 0 unspecified atom stereocenters. The van der Waals surface area contributed by atoms with Gasteiger partial charge in [-0.15, -0.1) is 0 Å². The molecule has 0 aliphatic rings. The third-order valence-corrected chi connectivity index (χ3v) is 11.9. The zero-order chi connectivity index (χ0) is 37.2. The van der Waals surface area contributed by atoms with Crippen molar-refractivity contribution in [1.82, 2.24) is 19.1 Å². The second-order valence-corrected chi connectivity index (χ2v) is 14.9. The van der Waals surface area contributed by atoms with Crippen molar-refractivity contribution in [1.29, 1.82) is 0 Å². The summed E-state index contributed by atoms with van der Waals surface area (Å²) in [5.41, 5.74) is 9.16. The Bertz CT molecular complexity index is 3830. The Labute approximate surface area is 325 Å². The van der Waals surface area contributed by atoms with Crippen molar-refractivity contribution in [2.45, 2.75) is 0 Å². The van der Waals surface area contributed by atoms with E-state index in [2.05, 4.69) is 167 Å². The molecule has 5 heteroatoms. The van der Waals surface area contributed by atoms with Crippen LogP contribution in [0.4, 0.5) is 0 Å². The maximum atomic E-state index is 6.33. The van der Waals surface area contributed by atoms with Crippen molar-refractivity contribution >= 4 is 98.0 Å². The number of hydrogen-bond donors (Lipinski definition) is 0. The Kier molecular flexibility index (Phi) is 6.10. The van der Waals surface area contributed by atoms with Crippen LogP contribution in [0.15, 0.2) is 186 Å². The molecule has 0 radical (unpaired) electrons. The predicted octanol–water partition coefficient (Wildman–Crippen LogP) is 13.7. The molecule has 13 aromatic rings. The van der Waals surface area contributed by atoms with E-state index in [1.807, 2.05) is 24.3 Å². The number of rotatable bonds is 3. The number of benzene rings is 9. The van der Waals surface area contributed by atoms with Crippen LogP contribution in [0.3, 0.4) is 0 Å². The first-order valence-electron chi connectivity index (χ1n) is 19.3. The van der Waals surface area contributed by atoms with E-state index < -0.39 is 0 Å². The summed E-state index contributed by atoms with van der Waals surface area (Å²) in [7, 11) is 0. The van der Waals surface area contributed by atoms with Gasteiger partial charge in [-0.2, -0.15) is 0 Å². The van der Waals surface area contributed by atoms with Gasteiger partial charge in [-0.25, -0.2) is 9.97 Å². The highest BCUT2D eigenvalue weighted by molar-refractivity contribution is 6.23. The van der Waals surface area contributed by atoms with Gasteiger partial charge in [0.2, 0.25) is 0 Å². The lowest BCUT2D eigenvalue weighted by Gasteiger charge is -2.16. The van der Waals surface area contributed by atoms with E-state index in [1.165, 1.54) is 43.4 Å². The largest absolute Gasteiger partial charge is 0.456 e. The van der Waals surface area contributed by atoms with Gasteiger partial charge in [0.25, 0.3) is 0 Å². The lowest BCUT2D eigenvalue weighted by Crippen LogP contribution is -2.03. The van der Waals surface area contributed by atoms with Crippen LogP contribution in [-0.4, -0.2) is 19.1 Å². The minimum Gasteiger partial charge on any atom is -0.456 e. The van der Waals surface area contributed by atoms with E-state index in [0.717, 1.165) is 71.7 Å². The molecule has 264 valence electrons. The quantitative estimate of drug-likeness (QED) is 0.182. The smallest absolute Gasteiger partial charge is 0.162 e. The number of furan rings is 1. The van der Waals surface area contributed by atoms with Crippen molar-refractivity contribution in [3.8, 4) is 22.9 Å². The summed E-state index contributed by atoms with van der Waals surface area (Å²) in [6.45, 7) is 0. The highest BCUT2D eigenvalue weighted by Gasteiger charge is 2.25. The highest BCUT2D eigenvalue weighted by atomic mass is 16.3. The predicted molar refractivity (Wildman–Crippen MR) is 236 cm³/mol. The number of fused-ring (bicyclic) bond motifs is 12. The highest BCUT2D eigenvalue weighted by Crippen LogP contribution is 2.45. The summed E-state index contributed by atoms with van der Waals surface area (Å²) >= 11 is 0. The third-order valence-electron chi connectivity index (χ3n) is 11.9. The molecule has 9 aromatic carbocycles. The molecule has 0 saturated heterocycles. The summed E-state index contributed by atoms with van der Waals surface area (Å²) in [6, 6.07) is 64.9. The second-order valence-electron chi connectivity index (χ2n) is 14.9. The molecule has 0 bridgehead atoms. The fourth-order valence-electron chi connectivity index (χ4n) is 9.43. The monoisotopic (exact) mass is 726 g/mol. The molecular formula is C52H30N4O. The van der Waals surface area contributed by atoms with Gasteiger partial charge in [-0.05, 0) is 70.8 Å². The SMILES string of the molecule is c1ccc2cc3c(cc2c1)c1ccccc1n3-c1c2ccccc2cc2c1c1ccccc1n2-c1nc(-c2cccc3oc4ccccc4c23)nc2ccccc12. The van der Waals surface area contributed by atoms with Gasteiger partial charge in [0.05, 0.1) is 33.3 Å². The Hall–Kier alpha value is -7.76. The normalized spacial score (nSPS) is 12.2. The maximum absolute atomic E-state index is 6.33.